The van der Waals surface area contributed by atoms with E-state index in [4.69, 9.17) is 5.11 Å². The monoisotopic (exact) mass is 235 g/mol. The van der Waals surface area contributed by atoms with E-state index in [1.54, 1.807) is 19.9 Å². The molecule has 5 nitrogen and oxygen atoms in total. The Bertz CT molecular complexity index is 592. The lowest BCUT2D eigenvalue weighted by Gasteiger charge is -2.04. The number of carbonyl (C=O) groups is 1. The molecule has 0 amide bonds. The third-order valence-corrected chi connectivity index (χ3v) is 2.35. The summed E-state index contributed by atoms with van der Waals surface area (Å²) in [6, 6.07) is 4.42. The highest BCUT2D eigenvalue weighted by atomic mass is 19.1. The van der Waals surface area contributed by atoms with Crippen molar-refractivity contribution in [3.05, 3.63) is 41.2 Å². The third kappa shape index (κ3) is 2.01. The van der Waals surface area contributed by atoms with Gasteiger partial charge in [0.2, 0.25) is 0 Å². The zero-order valence-corrected chi connectivity index (χ0v) is 9.31. The third-order valence-electron chi connectivity index (χ3n) is 2.35. The number of carboxylic acid groups (broad SMARTS) is 1. The molecule has 1 N–H and O–H groups in total. The Morgan fingerprint density at radius 1 is 1.41 bits per heavy atom. The number of halogens is 1. The Morgan fingerprint density at radius 3 is 2.65 bits per heavy atom. The van der Waals surface area contributed by atoms with E-state index in [9.17, 15) is 9.18 Å². The summed E-state index contributed by atoms with van der Waals surface area (Å²) in [5.41, 5.74) is 1.05. The van der Waals surface area contributed by atoms with Crippen molar-refractivity contribution in [3.8, 4) is 5.69 Å². The van der Waals surface area contributed by atoms with E-state index < -0.39 is 5.97 Å². The van der Waals surface area contributed by atoms with Crippen molar-refractivity contribution in [1.82, 2.24) is 14.8 Å². The molecule has 0 aliphatic rings. The Kier molecular flexibility index (Phi) is 2.63. The first-order valence-corrected chi connectivity index (χ1v) is 4.92. The van der Waals surface area contributed by atoms with Crippen molar-refractivity contribution < 1.29 is 14.3 Å². The lowest BCUT2D eigenvalue weighted by atomic mass is 10.2. The Labute approximate surface area is 96.5 Å². The van der Waals surface area contributed by atoms with Crippen LogP contribution >= 0.6 is 0 Å². The van der Waals surface area contributed by atoms with Crippen LogP contribution in [0.15, 0.2) is 18.2 Å². The molecule has 0 radical (unpaired) electrons. The first kappa shape index (κ1) is 11.3. The number of rotatable bonds is 2. The van der Waals surface area contributed by atoms with E-state index in [2.05, 4.69) is 10.1 Å². The van der Waals surface area contributed by atoms with Gasteiger partial charge in [-0.2, -0.15) is 0 Å². The zero-order chi connectivity index (χ0) is 12.6. The molecule has 1 heterocycles. The number of aromatic nitrogens is 3. The summed E-state index contributed by atoms with van der Waals surface area (Å²) in [5.74, 6) is -1.34. The number of hydrogen-bond acceptors (Lipinski definition) is 3. The molecule has 0 spiro atoms. The summed E-state index contributed by atoms with van der Waals surface area (Å²) in [6.07, 6.45) is 0. The van der Waals surface area contributed by atoms with Crippen molar-refractivity contribution in [3.63, 3.8) is 0 Å². The fraction of sp³-hybridized carbons (Fsp3) is 0.182. The number of aryl methyl sites for hydroxylation is 2. The molecule has 0 bridgehead atoms. The summed E-state index contributed by atoms with van der Waals surface area (Å²) in [6.45, 7) is 3.27. The molecule has 1 aromatic carbocycles. The quantitative estimate of drug-likeness (QED) is 0.860. The van der Waals surface area contributed by atoms with Gasteiger partial charge in [-0.15, -0.1) is 5.10 Å². The van der Waals surface area contributed by atoms with E-state index in [1.807, 2.05) is 0 Å². The van der Waals surface area contributed by atoms with Crippen molar-refractivity contribution in [2.75, 3.05) is 0 Å². The van der Waals surface area contributed by atoms with E-state index in [0.717, 1.165) is 0 Å². The molecule has 88 valence electrons. The summed E-state index contributed by atoms with van der Waals surface area (Å²) in [5, 5.41) is 12.6. The second kappa shape index (κ2) is 3.97. The maximum Gasteiger partial charge on any atom is 0.375 e. The zero-order valence-electron chi connectivity index (χ0n) is 9.31. The van der Waals surface area contributed by atoms with Gasteiger partial charge in [0.05, 0.1) is 5.69 Å². The molecule has 0 saturated heterocycles. The second-order valence-electron chi connectivity index (χ2n) is 3.63. The fourth-order valence-electron chi connectivity index (χ4n) is 1.49. The molecular formula is C11H10FN3O2. The highest BCUT2D eigenvalue weighted by Crippen LogP contribution is 2.14. The molecule has 0 aliphatic carbocycles. The number of hydrogen-bond donors (Lipinski definition) is 1. The molecule has 1 aromatic heterocycles. The molecule has 2 aromatic rings. The SMILES string of the molecule is Cc1cc(-n2nc(C(=O)O)nc2C)ccc1F. The Balaban J connectivity index is 2.52. The lowest BCUT2D eigenvalue weighted by molar-refractivity contribution is 0.0683. The second-order valence-corrected chi connectivity index (χ2v) is 3.63. The smallest absolute Gasteiger partial charge is 0.375 e. The number of benzene rings is 1. The van der Waals surface area contributed by atoms with Crippen LogP contribution in [0.2, 0.25) is 0 Å². The van der Waals surface area contributed by atoms with Crippen molar-refractivity contribution in [2.24, 2.45) is 0 Å². The molecule has 6 heteroatoms. The van der Waals surface area contributed by atoms with Crippen LogP contribution in [-0.2, 0) is 0 Å². The highest BCUT2D eigenvalue weighted by molar-refractivity contribution is 5.83. The molecule has 0 unspecified atom stereocenters. The molecule has 0 fully saturated rings. The predicted molar refractivity (Wildman–Crippen MR) is 57.8 cm³/mol. The average Bonchev–Trinajstić information content (AvgIpc) is 2.65. The molecule has 0 aliphatic heterocycles. The number of carboxylic acids is 1. The number of nitrogens with zero attached hydrogens (tertiary/aromatic N) is 3. The van der Waals surface area contributed by atoms with Gasteiger partial charge < -0.3 is 5.11 Å². The lowest BCUT2D eigenvalue weighted by Crippen LogP contribution is -2.03. The van der Waals surface area contributed by atoms with Crippen molar-refractivity contribution in [2.45, 2.75) is 13.8 Å². The van der Waals surface area contributed by atoms with Gasteiger partial charge in [0.15, 0.2) is 0 Å². The van der Waals surface area contributed by atoms with Gasteiger partial charge in [0.1, 0.15) is 11.6 Å². The average molecular weight is 235 g/mol. The first-order valence-electron chi connectivity index (χ1n) is 4.92. The maximum atomic E-state index is 13.1. The maximum absolute atomic E-state index is 13.1. The topological polar surface area (TPSA) is 68.0 Å². The van der Waals surface area contributed by atoms with Crippen LogP contribution in [0.1, 0.15) is 22.0 Å². The molecule has 2 rings (SSSR count). The number of aromatic carboxylic acids is 1. The first-order chi connectivity index (χ1) is 7.99. The summed E-state index contributed by atoms with van der Waals surface area (Å²) < 4.78 is 14.5. The van der Waals surface area contributed by atoms with E-state index in [-0.39, 0.29) is 11.6 Å². The standard InChI is InChI=1S/C11H10FN3O2/c1-6-5-8(3-4-9(6)12)15-7(2)13-10(14-15)11(16)17/h3-5H,1-2H3,(H,16,17). The Hall–Kier alpha value is -2.24. The molecular weight excluding hydrogens is 225 g/mol. The van der Waals surface area contributed by atoms with Crippen LogP contribution in [0.3, 0.4) is 0 Å². The summed E-state index contributed by atoms with van der Waals surface area (Å²) >= 11 is 0. The minimum atomic E-state index is -1.19. The van der Waals surface area contributed by atoms with Crippen LogP contribution in [0, 0.1) is 19.7 Å². The predicted octanol–water partition coefficient (Wildman–Crippen LogP) is 1.72. The van der Waals surface area contributed by atoms with Gasteiger partial charge in [-0.05, 0) is 37.6 Å². The van der Waals surface area contributed by atoms with Crippen molar-refractivity contribution in [1.29, 1.82) is 0 Å². The minimum absolute atomic E-state index is 0.274. The van der Waals surface area contributed by atoms with Gasteiger partial charge in [-0.3, -0.25) is 0 Å². The van der Waals surface area contributed by atoms with Crippen molar-refractivity contribution >= 4 is 5.97 Å². The Morgan fingerprint density at radius 2 is 2.12 bits per heavy atom. The molecule has 0 atom stereocenters. The highest BCUT2D eigenvalue weighted by Gasteiger charge is 2.14. The van der Waals surface area contributed by atoms with Crippen LogP contribution in [0.25, 0.3) is 5.69 Å². The van der Waals surface area contributed by atoms with E-state index in [0.29, 0.717) is 17.1 Å². The van der Waals surface area contributed by atoms with Gasteiger partial charge in [-0.1, -0.05) is 0 Å². The molecule has 0 saturated carbocycles. The minimum Gasteiger partial charge on any atom is -0.475 e. The van der Waals surface area contributed by atoms with E-state index >= 15 is 0 Å². The van der Waals surface area contributed by atoms with Gasteiger partial charge >= 0.3 is 5.97 Å². The van der Waals surface area contributed by atoms with Crippen LogP contribution < -0.4 is 0 Å². The fourth-order valence-corrected chi connectivity index (χ4v) is 1.49. The van der Waals surface area contributed by atoms with Crippen LogP contribution in [0.5, 0.6) is 0 Å². The summed E-state index contributed by atoms with van der Waals surface area (Å²) in [4.78, 5) is 14.5. The van der Waals surface area contributed by atoms with Gasteiger partial charge in [0.25, 0.3) is 5.82 Å². The normalized spacial score (nSPS) is 10.5. The van der Waals surface area contributed by atoms with E-state index in [1.165, 1.54) is 16.8 Å². The van der Waals surface area contributed by atoms with Gasteiger partial charge in [0, 0.05) is 0 Å². The molecule has 17 heavy (non-hydrogen) atoms. The van der Waals surface area contributed by atoms with Gasteiger partial charge in [-0.25, -0.2) is 18.9 Å². The summed E-state index contributed by atoms with van der Waals surface area (Å²) in [7, 11) is 0. The van der Waals surface area contributed by atoms with Crippen LogP contribution in [0.4, 0.5) is 4.39 Å². The van der Waals surface area contributed by atoms with Crippen LogP contribution in [-0.4, -0.2) is 25.8 Å². The largest absolute Gasteiger partial charge is 0.475 e.